The summed E-state index contributed by atoms with van der Waals surface area (Å²) in [6, 6.07) is 9.44. The Kier molecular flexibility index (Phi) is 4.01. The van der Waals surface area contributed by atoms with Crippen LogP contribution < -0.4 is 5.32 Å². The van der Waals surface area contributed by atoms with Crippen LogP contribution in [0.2, 0.25) is 0 Å². The smallest absolute Gasteiger partial charge is 0.407 e. The SMILES string of the molecule is O=C(NC[C@@H]1C(=O)C[C@@H]2C=C[C@H]1O2)OCc1ccccc1. The van der Waals surface area contributed by atoms with Crippen molar-refractivity contribution in [1.29, 1.82) is 0 Å². The van der Waals surface area contributed by atoms with Gasteiger partial charge in [0.2, 0.25) is 0 Å². The lowest BCUT2D eigenvalue weighted by molar-refractivity contribution is -0.135. The highest BCUT2D eigenvalue weighted by atomic mass is 16.5. The largest absolute Gasteiger partial charge is 0.445 e. The van der Waals surface area contributed by atoms with E-state index < -0.39 is 6.09 Å². The van der Waals surface area contributed by atoms with Crippen LogP contribution in [0.4, 0.5) is 4.79 Å². The van der Waals surface area contributed by atoms with Crippen molar-refractivity contribution in [3.8, 4) is 0 Å². The van der Waals surface area contributed by atoms with Crippen LogP contribution in [-0.4, -0.2) is 30.6 Å². The van der Waals surface area contributed by atoms with Gasteiger partial charge in [-0.1, -0.05) is 42.5 Å². The average molecular weight is 287 g/mol. The zero-order valence-corrected chi connectivity index (χ0v) is 11.5. The van der Waals surface area contributed by atoms with Gasteiger partial charge in [-0.3, -0.25) is 4.79 Å². The number of ether oxygens (including phenoxy) is 2. The fourth-order valence-electron chi connectivity index (χ4n) is 2.60. The van der Waals surface area contributed by atoms with Crippen LogP contribution in [-0.2, 0) is 20.9 Å². The molecule has 3 atom stereocenters. The summed E-state index contributed by atoms with van der Waals surface area (Å²) in [4.78, 5) is 23.6. The van der Waals surface area contributed by atoms with Gasteiger partial charge in [0, 0.05) is 13.0 Å². The number of nitrogens with one attached hydrogen (secondary N) is 1. The molecular formula is C16H17NO4. The van der Waals surface area contributed by atoms with E-state index in [0.717, 1.165) is 5.56 Å². The molecule has 5 heteroatoms. The van der Waals surface area contributed by atoms with Crippen LogP contribution in [0.3, 0.4) is 0 Å². The van der Waals surface area contributed by atoms with E-state index in [-0.39, 0.29) is 37.1 Å². The van der Waals surface area contributed by atoms with E-state index in [1.54, 1.807) is 0 Å². The first-order valence-electron chi connectivity index (χ1n) is 7.03. The molecule has 2 aliphatic heterocycles. The Morgan fingerprint density at radius 1 is 1.29 bits per heavy atom. The second-order valence-corrected chi connectivity index (χ2v) is 5.24. The highest BCUT2D eigenvalue weighted by molar-refractivity contribution is 5.84. The lowest BCUT2D eigenvalue weighted by Crippen LogP contribution is -2.43. The zero-order chi connectivity index (χ0) is 14.7. The quantitative estimate of drug-likeness (QED) is 0.858. The molecule has 21 heavy (non-hydrogen) atoms. The Morgan fingerprint density at radius 3 is 2.90 bits per heavy atom. The summed E-state index contributed by atoms with van der Waals surface area (Å²) in [5, 5.41) is 2.64. The van der Waals surface area contributed by atoms with Gasteiger partial charge >= 0.3 is 6.09 Å². The van der Waals surface area contributed by atoms with E-state index in [2.05, 4.69) is 5.32 Å². The molecule has 1 N–H and O–H groups in total. The molecule has 2 heterocycles. The number of hydrogen-bond donors (Lipinski definition) is 1. The van der Waals surface area contributed by atoms with Gasteiger partial charge in [0.25, 0.3) is 0 Å². The number of hydrogen-bond acceptors (Lipinski definition) is 4. The molecule has 0 unspecified atom stereocenters. The second-order valence-electron chi connectivity index (χ2n) is 5.24. The lowest BCUT2D eigenvalue weighted by atomic mass is 9.94. The number of alkyl carbamates (subject to hydrolysis) is 1. The molecule has 0 aromatic heterocycles. The van der Waals surface area contributed by atoms with Crippen molar-refractivity contribution in [2.75, 3.05) is 6.54 Å². The van der Waals surface area contributed by atoms with Gasteiger partial charge in [-0.05, 0) is 5.56 Å². The number of benzene rings is 1. The summed E-state index contributed by atoms with van der Waals surface area (Å²) in [6.07, 6.45) is 3.39. The fourth-order valence-corrected chi connectivity index (χ4v) is 2.60. The first kappa shape index (κ1) is 13.8. The topological polar surface area (TPSA) is 64.6 Å². The van der Waals surface area contributed by atoms with Crippen molar-refractivity contribution < 1.29 is 19.1 Å². The molecule has 0 spiro atoms. The van der Waals surface area contributed by atoms with Gasteiger partial charge in [0.05, 0.1) is 18.1 Å². The van der Waals surface area contributed by atoms with Crippen LogP contribution in [0.15, 0.2) is 42.5 Å². The second kappa shape index (κ2) is 6.10. The van der Waals surface area contributed by atoms with Gasteiger partial charge in [-0.2, -0.15) is 0 Å². The van der Waals surface area contributed by atoms with Gasteiger partial charge in [-0.25, -0.2) is 4.79 Å². The molecular weight excluding hydrogens is 270 g/mol. The summed E-state index contributed by atoms with van der Waals surface area (Å²) >= 11 is 0. The van der Waals surface area contributed by atoms with Gasteiger partial charge in [-0.15, -0.1) is 0 Å². The zero-order valence-electron chi connectivity index (χ0n) is 11.5. The van der Waals surface area contributed by atoms with Crippen LogP contribution in [0, 0.1) is 5.92 Å². The molecule has 1 amide bonds. The van der Waals surface area contributed by atoms with E-state index >= 15 is 0 Å². The normalized spacial score (nSPS) is 26.7. The Balaban J connectivity index is 1.45. The summed E-state index contributed by atoms with van der Waals surface area (Å²) in [5.41, 5.74) is 0.922. The average Bonchev–Trinajstić information content (AvgIpc) is 2.89. The molecule has 0 radical (unpaired) electrons. The van der Waals surface area contributed by atoms with E-state index in [9.17, 15) is 9.59 Å². The summed E-state index contributed by atoms with van der Waals surface area (Å²) in [6.45, 7) is 0.460. The van der Waals surface area contributed by atoms with Crippen molar-refractivity contribution in [2.24, 2.45) is 5.92 Å². The molecule has 1 fully saturated rings. The minimum atomic E-state index is -0.518. The Morgan fingerprint density at radius 2 is 2.10 bits per heavy atom. The van der Waals surface area contributed by atoms with Gasteiger partial charge in [0.1, 0.15) is 12.4 Å². The molecule has 0 saturated carbocycles. The third kappa shape index (κ3) is 3.31. The van der Waals surface area contributed by atoms with Crippen molar-refractivity contribution in [3.05, 3.63) is 48.0 Å². The Bertz CT molecular complexity index is 555. The van der Waals surface area contributed by atoms with Crippen LogP contribution >= 0.6 is 0 Å². The van der Waals surface area contributed by atoms with Gasteiger partial charge < -0.3 is 14.8 Å². The van der Waals surface area contributed by atoms with Crippen molar-refractivity contribution in [3.63, 3.8) is 0 Å². The number of fused-ring (bicyclic) bond motifs is 2. The third-order valence-electron chi connectivity index (χ3n) is 3.74. The van der Waals surface area contributed by atoms with E-state index in [0.29, 0.717) is 6.42 Å². The van der Waals surface area contributed by atoms with Crippen molar-refractivity contribution >= 4 is 11.9 Å². The maximum Gasteiger partial charge on any atom is 0.407 e. The molecule has 0 aliphatic carbocycles. The molecule has 3 rings (SSSR count). The monoisotopic (exact) mass is 287 g/mol. The summed E-state index contributed by atoms with van der Waals surface area (Å²) in [5.74, 6) is -0.186. The van der Waals surface area contributed by atoms with Crippen molar-refractivity contribution in [1.82, 2.24) is 5.32 Å². The standard InChI is InChI=1S/C16H17NO4/c18-14-8-12-6-7-15(21-12)13(14)9-17-16(19)20-10-11-4-2-1-3-5-11/h1-7,12-13,15H,8-10H2,(H,17,19)/t12-,13+,15+/m0/s1. The molecule has 1 saturated heterocycles. The predicted octanol–water partition coefficient (Wildman–Crippen LogP) is 1.83. The lowest BCUT2D eigenvalue weighted by Gasteiger charge is -2.28. The number of carbonyl (C=O) groups is 2. The minimum Gasteiger partial charge on any atom is -0.445 e. The minimum absolute atomic E-state index is 0.0798. The number of rotatable bonds is 4. The predicted molar refractivity (Wildman–Crippen MR) is 75.5 cm³/mol. The first-order valence-corrected chi connectivity index (χ1v) is 7.03. The molecule has 1 aromatic rings. The van der Waals surface area contributed by atoms with Crippen LogP contribution in [0.25, 0.3) is 0 Å². The maximum absolute atomic E-state index is 11.9. The third-order valence-corrected chi connectivity index (χ3v) is 3.74. The number of ketones is 1. The number of carbonyl (C=O) groups excluding carboxylic acids is 2. The highest BCUT2D eigenvalue weighted by Crippen LogP contribution is 2.28. The van der Waals surface area contributed by atoms with E-state index in [1.165, 1.54) is 0 Å². The molecule has 1 aromatic carbocycles. The van der Waals surface area contributed by atoms with Crippen LogP contribution in [0.5, 0.6) is 0 Å². The molecule has 110 valence electrons. The summed E-state index contributed by atoms with van der Waals surface area (Å²) in [7, 11) is 0. The van der Waals surface area contributed by atoms with Gasteiger partial charge in [0.15, 0.2) is 0 Å². The molecule has 2 bridgehead atoms. The van der Waals surface area contributed by atoms with E-state index in [1.807, 2.05) is 42.5 Å². The number of Topliss-reactive ketones (excluding diaryl/α,β-unsaturated/α-hetero) is 1. The van der Waals surface area contributed by atoms with Crippen LogP contribution in [0.1, 0.15) is 12.0 Å². The maximum atomic E-state index is 11.9. The van der Waals surface area contributed by atoms with Crippen molar-refractivity contribution in [2.45, 2.75) is 25.2 Å². The number of amides is 1. The highest BCUT2D eigenvalue weighted by Gasteiger charge is 2.38. The molecule has 2 aliphatic rings. The Labute approximate surface area is 122 Å². The fraction of sp³-hybridized carbons (Fsp3) is 0.375. The summed E-state index contributed by atoms with van der Waals surface area (Å²) < 4.78 is 10.7. The molecule has 5 nitrogen and oxygen atoms in total. The van der Waals surface area contributed by atoms with E-state index in [4.69, 9.17) is 9.47 Å². The Hall–Kier alpha value is -2.14. The first-order chi connectivity index (χ1) is 10.2.